The van der Waals surface area contributed by atoms with E-state index in [-0.39, 0.29) is 23.8 Å². The maximum atomic E-state index is 12.0. The SMILES string of the molecule is Cc1cccc(C(C)(C)CNC(=O)NCCC(=O)NCc2ccccc2)c1. The molecular formula is C22H29N3O2. The van der Waals surface area contributed by atoms with E-state index in [0.29, 0.717) is 19.6 Å². The lowest BCUT2D eigenvalue weighted by Gasteiger charge is -2.26. The molecule has 0 aliphatic rings. The molecule has 0 atom stereocenters. The van der Waals surface area contributed by atoms with Gasteiger partial charge in [-0.25, -0.2) is 4.79 Å². The maximum Gasteiger partial charge on any atom is 0.314 e. The number of carbonyl (C=O) groups is 2. The van der Waals surface area contributed by atoms with Crippen molar-refractivity contribution in [3.63, 3.8) is 0 Å². The number of benzene rings is 2. The van der Waals surface area contributed by atoms with Crippen LogP contribution in [-0.4, -0.2) is 25.0 Å². The van der Waals surface area contributed by atoms with Crippen LogP contribution in [0.3, 0.4) is 0 Å². The van der Waals surface area contributed by atoms with Gasteiger partial charge in [-0.3, -0.25) is 4.79 Å². The van der Waals surface area contributed by atoms with Crippen molar-refractivity contribution in [2.75, 3.05) is 13.1 Å². The zero-order valence-corrected chi connectivity index (χ0v) is 16.3. The smallest absolute Gasteiger partial charge is 0.314 e. The molecule has 0 heterocycles. The number of nitrogens with one attached hydrogen (secondary N) is 3. The summed E-state index contributed by atoms with van der Waals surface area (Å²) in [6, 6.07) is 17.8. The van der Waals surface area contributed by atoms with E-state index >= 15 is 0 Å². The molecule has 0 aliphatic heterocycles. The van der Waals surface area contributed by atoms with E-state index in [0.717, 1.165) is 5.56 Å². The number of amides is 3. The van der Waals surface area contributed by atoms with Crippen molar-refractivity contribution < 1.29 is 9.59 Å². The van der Waals surface area contributed by atoms with Crippen LogP contribution in [0, 0.1) is 6.92 Å². The van der Waals surface area contributed by atoms with Crippen LogP contribution in [-0.2, 0) is 16.8 Å². The third kappa shape index (κ3) is 7.13. The van der Waals surface area contributed by atoms with E-state index in [4.69, 9.17) is 0 Å². The topological polar surface area (TPSA) is 70.2 Å². The number of aryl methyl sites for hydroxylation is 1. The Hall–Kier alpha value is -2.82. The van der Waals surface area contributed by atoms with Crippen molar-refractivity contribution in [1.29, 1.82) is 0 Å². The lowest BCUT2D eigenvalue weighted by atomic mass is 9.84. The minimum Gasteiger partial charge on any atom is -0.352 e. The number of carbonyl (C=O) groups excluding carboxylic acids is 2. The maximum absolute atomic E-state index is 12.0. The Morgan fingerprint density at radius 3 is 2.37 bits per heavy atom. The van der Waals surface area contributed by atoms with Gasteiger partial charge < -0.3 is 16.0 Å². The highest BCUT2D eigenvalue weighted by molar-refractivity contribution is 5.78. The Morgan fingerprint density at radius 2 is 1.67 bits per heavy atom. The molecule has 144 valence electrons. The minimum atomic E-state index is -0.258. The summed E-state index contributed by atoms with van der Waals surface area (Å²) in [5.74, 6) is -0.0840. The molecule has 2 rings (SSSR count). The third-order valence-corrected chi connectivity index (χ3v) is 4.46. The van der Waals surface area contributed by atoms with Crippen LogP contribution < -0.4 is 16.0 Å². The first kappa shape index (κ1) is 20.5. The molecule has 0 bridgehead atoms. The molecule has 0 spiro atoms. The fourth-order valence-electron chi connectivity index (χ4n) is 2.71. The van der Waals surface area contributed by atoms with Gasteiger partial charge in [0.05, 0.1) is 0 Å². The van der Waals surface area contributed by atoms with Gasteiger partial charge in [0.1, 0.15) is 0 Å². The highest BCUT2D eigenvalue weighted by Crippen LogP contribution is 2.22. The van der Waals surface area contributed by atoms with Crippen LogP contribution in [0.2, 0.25) is 0 Å². The molecule has 27 heavy (non-hydrogen) atoms. The predicted octanol–water partition coefficient (Wildman–Crippen LogP) is 3.28. The summed E-state index contributed by atoms with van der Waals surface area (Å²) in [6.45, 7) is 7.57. The van der Waals surface area contributed by atoms with E-state index < -0.39 is 0 Å². The molecular weight excluding hydrogens is 338 g/mol. The van der Waals surface area contributed by atoms with Gasteiger partial charge in [0, 0.05) is 31.5 Å². The van der Waals surface area contributed by atoms with Crippen molar-refractivity contribution in [3.8, 4) is 0 Å². The zero-order chi connectivity index (χ0) is 19.7. The largest absolute Gasteiger partial charge is 0.352 e. The molecule has 3 N–H and O–H groups in total. The fraction of sp³-hybridized carbons (Fsp3) is 0.364. The normalized spacial score (nSPS) is 10.9. The van der Waals surface area contributed by atoms with Crippen molar-refractivity contribution in [3.05, 3.63) is 71.3 Å². The van der Waals surface area contributed by atoms with E-state index in [1.165, 1.54) is 11.1 Å². The summed E-state index contributed by atoms with van der Waals surface area (Å²) in [6.07, 6.45) is 0.252. The van der Waals surface area contributed by atoms with Crippen LogP contribution in [0.25, 0.3) is 0 Å². The second-order valence-electron chi connectivity index (χ2n) is 7.38. The van der Waals surface area contributed by atoms with Crippen molar-refractivity contribution in [2.24, 2.45) is 0 Å². The third-order valence-electron chi connectivity index (χ3n) is 4.46. The van der Waals surface area contributed by atoms with Crippen LogP contribution >= 0.6 is 0 Å². The van der Waals surface area contributed by atoms with E-state index in [9.17, 15) is 9.59 Å². The highest BCUT2D eigenvalue weighted by Gasteiger charge is 2.21. The molecule has 5 heteroatoms. The Morgan fingerprint density at radius 1 is 0.926 bits per heavy atom. The molecule has 0 radical (unpaired) electrons. The minimum absolute atomic E-state index is 0.0840. The van der Waals surface area contributed by atoms with Gasteiger partial charge in [-0.05, 0) is 18.1 Å². The monoisotopic (exact) mass is 367 g/mol. The van der Waals surface area contributed by atoms with E-state index in [1.807, 2.05) is 36.4 Å². The fourth-order valence-corrected chi connectivity index (χ4v) is 2.71. The molecule has 0 fully saturated rings. The summed E-state index contributed by atoms with van der Waals surface area (Å²) >= 11 is 0. The molecule has 2 aromatic rings. The average molecular weight is 367 g/mol. The molecule has 3 amide bonds. The summed E-state index contributed by atoms with van der Waals surface area (Å²) in [4.78, 5) is 23.8. The summed E-state index contributed by atoms with van der Waals surface area (Å²) in [7, 11) is 0. The van der Waals surface area contributed by atoms with Crippen LogP contribution in [0.15, 0.2) is 54.6 Å². The lowest BCUT2D eigenvalue weighted by molar-refractivity contribution is -0.121. The van der Waals surface area contributed by atoms with Crippen molar-refractivity contribution in [2.45, 2.75) is 39.2 Å². The molecule has 0 saturated carbocycles. The van der Waals surface area contributed by atoms with Gasteiger partial charge >= 0.3 is 6.03 Å². The quantitative estimate of drug-likeness (QED) is 0.670. The van der Waals surface area contributed by atoms with E-state index in [2.05, 4.69) is 54.9 Å². The Balaban J connectivity index is 1.66. The summed E-state index contributed by atoms with van der Waals surface area (Å²) in [5.41, 5.74) is 3.26. The number of hydrogen-bond acceptors (Lipinski definition) is 2. The van der Waals surface area contributed by atoms with Crippen LogP contribution in [0.1, 0.15) is 37.0 Å². The molecule has 0 aromatic heterocycles. The Bertz CT molecular complexity index is 757. The molecule has 0 unspecified atom stereocenters. The van der Waals surface area contributed by atoms with Crippen LogP contribution in [0.4, 0.5) is 4.79 Å². The first-order valence-corrected chi connectivity index (χ1v) is 9.26. The second-order valence-corrected chi connectivity index (χ2v) is 7.38. The predicted molar refractivity (Wildman–Crippen MR) is 109 cm³/mol. The molecule has 0 aliphatic carbocycles. The molecule has 0 saturated heterocycles. The van der Waals surface area contributed by atoms with Gasteiger partial charge in [0.15, 0.2) is 0 Å². The molecule has 5 nitrogen and oxygen atoms in total. The average Bonchev–Trinajstić information content (AvgIpc) is 2.66. The summed E-state index contributed by atoms with van der Waals surface area (Å²) < 4.78 is 0. The standard InChI is InChI=1S/C22H29N3O2/c1-17-8-7-11-19(14-17)22(2,3)16-25-21(27)23-13-12-20(26)24-15-18-9-5-4-6-10-18/h4-11,14H,12-13,15-16H2,1-3H3,(H,24,26)(H2,23,25,27). The van der Waals surface area contributed by atoms with Gasteiger partial charge in [0.25, 0.3) is 0 Å². The van der Waals surface area contributed by atoms with Crippen LogP contribution in [0.5, 0.6) is 0 Å². The number of hydrogen-bond donors (Lipinski definition) is 3. The first-order valence-electron chi connectivity index (χ1n) is 9.26. The Labute approximate surface area is 161 Å². The summed E-state index contributed by atoms with van der Waals surface area (Å²) in [5, 5.41) is 8.47. The highest BCUT2D eigenvalue weighted by atomic mass is 16.2. The van der Waals surface area contributed by atoms with Gasteiger partial charge in [-0.2, -0.15) is 0 Å². The van der Waals surface area contributed by atoms with Gasteiger partial charge in [-0.15, -0.1) is 0 Å². The van der Waals surface area contributed by atoms with Gasteiger partial charge in [-0.1, -0.05) is 74.0 Å². The van der Waals surface area contributed by atoms with E-state index in [1.54, 1.807) is 0 Å². The van der Waals surface area contributed by atoms with Gasteiger partial charge in [0.2, 0.25) is 5.91 Å². The second kappa shape index (κ2) is 9.76. The zero-order valence-electron chi connectivity index (χ0n) is 16.3. The molecule has 2 aromatic carbocycles. The Kier molecular flexibility index (Phi) is 7.41. The lowest BCUT2D eigenvalue weighted by Crippen LogP contribution is -2.43. The van der Waals surface area contributed by atoms with Crippen molar-refractivity contribution >= 4 is 11.9 Å². The van der Waals surface area contributed by atoms with Crippen molar-refractivity contribution in [1.82, 2.24) is 16.0 Å². The first-order chi connectivity index (χ1) is 12.9. The number of rotatable bonds is 8. The number of urea groups is 1.